The monoisotopic (exact) mass is 181 g/mol. The summed E-state index contributed by atoms with van der Waals surface area (Å²) >= 11 is 0. The van der Waals surface area contributed by atoms with E-state index in [2.05, 4.69) is 13.2 Å². The van der Waals surface area contributed by atoms with E-state index in [9.17, 15) is 4.79 Å². The number of hydrogen-bond donors (Lipinski definition) is 0. The second-order valence-electron chi connectivity index (χ2n) is 2.25. The number of ether oxygens (including phenoxy) is 1. The van der Waals surface area contributed by atoms with Gasteiger partial charge in [-0.25, -0.2) is 4.79 Å². The standard InChI is InChI=1S/C7H12O2.C3H3N/c1-4-5-9-7(8)6(2)3;1-2-3-4/h2,4-5H2,1,3H3;2H,1H2. The van der Waals surface area contributed by atoms with Crippen LogP contribution in [-0.4, -0.2) is 12.6 Å². The second kappa shape index (κ2) is 10.4. The van der Waals surface area contributed by atoms with Gasteiger partial charge in [0.15, 0.2) is 0 Å². The predicted octanol–water partition coefficient (Wildman–Crippen LogP) is 2.21. The lowest BCUT2D eigenvalue weighted by atomic mass is 10.4. The Balaban J connectivity index is 0. The summed E-state index contributed by atoms with van der Waals surface area (Å²) in [6, 6.07) is 1.69. The van der Waals surface area contributed by atoms with Crippen LogP contribution in [0.25, 0.3) is 0 Å². The van der Waals surface area contributed by atoms with Crippen LogP contribution >= 0.6 is 0 Å². The van der Waals surface area contributed by atoms with E-state index in [1.54, 1.807) is 13.0 Å². The summed E-state index contributed by atoms with van der Waals surface area (Å²) in [7, 11) is 0. The van der Waals surface area contributed by atoms with E-state index in [-0.39, 0.29) is 5.97 Å². The third-order valence-electron chi connectivity index (χ3n) is 0.877. The predicted molar refractivity (Wildman–Crippen MR) is 51.9 cm³/mol. The van der Waals surface area contributed by atoms with Gasteiger partial charge in [0.25, 0.3) is 0 Å². The average Bonchev–Trinajstić information content (AvgIpc) is 2.14. The summed E-state index contributed by atoms with van der Waals surface area (Å²) in [6.45, 7) is 10.6. The van der Waals surface area contributed by atoms with E-state index in [0.29, 0.717) is 12.2 Å². The fourth-order valence-electron chi connectivity index (χ4n) is 0.318. The molecule has 0 spiro atoms. The highest BCUT2D eigenvalue weighted by Gasteiger charge is 1.99. The van der Waals surface area contributed by atoms with Crippen LogP contribution in [0.1, 0.15) is 20.3 Å². The van der Waals surface area contributed by atoms with Crippen LogP contribution in [0.5, 0.6) is 0 Å². The number of nitrogens with zero attached hydrogens (tertiary/aromatic N) is 1. The SMILES string of the molecule is C=C(C)C(=O)OCCC.C=CC#N. The van der Waals surface area contributed by atoms with Crippen LogP contribution in [0, 0.1) is 11.3 Å². The number of carbonyl (C=O) groups excluding carboxylic acids is 1. The highest BCUT2D eigenvalue weighted by Crippen LogP contribution is 1.91. The number of hydrogen-bond acceptors (Lipinski definition) is 3. The lowest BCUT2D eigenvalue weighted by molar-refractivity contribution is -0.138. The molecule has 0 rings (SSSR count). The molecule has 0 radical (unpaired) electrons. The van der Waals surface area contributed by atoms with Gasteiger partial charge in [-0.2, -0.15) is 5.26 Å². The van der Waals surface area contributed by atoms with Crippen molar-refractivity contribution in [1.82, 2.24) is 0 Å². The van der Waals surface area contributed by atoms with Crippen LogP contribution in [0.4, 0.5) is 0 Å². The van der Waals surface area contributed by atoms with E-state index < -0.39 is 0 Å². The Hall–Kier alpha value is -1.56. The van der Waals surface area contributed by atoms with E-state index in [0.717, 1.165) is 6.42 Å². The Labute approximate surface area is 79.3 Å². The molecule has 0 aliphatic carbocycles. The Morgan fingerprint density at radius 3 is 2.38 bits per heavy atom. The van der Waals surface area contributed by atoms with Crippen molar-refractivity contribution < 1.29 is 9.53 Å². The van der Waals surface area contributed by atoms with Gasteiger partial charge in [0.2, 0.25) is 0 Å². The van der Waals surface area contributed by atoms with Gasteiger partial charge in [-0.3, -0.25) is 0 Å². The molecule has 0 unspecified atom stereocenters. The second-order valence-corrected chi connectivity index (χ2v) is 2.25. The van der Waals surface area contributed by atoms with Crippen LogP contribution in [0.3, 0.4) is 0 Å². The van der Waals surface area contributed by atoms with Crippen molar-refractivity contribution in [1.29, 1.82) is 5.26 Å². The first-order chi connectivity index (χ1) is 6.09. The van der Waals surface area contributed by atoms with Gasteiger partial charge < -0.3 is 4.74 Å². The molecular weight excluding hydrogens is 166 g/mol. The zero-order chi connectivity index (χ0) is 10.7. The number of carbonyl (C=O) groups is 1. The van der Waals surface area contributed by atoms with Gasteiger partial charge >= 0.3 is 5.97 Å². The molecule has 0 aromatic heterocycles. The Bertz CT molecular complexity index is 213. The molecule has 0 fully saturated rings. The first-order valence-electron chi connectivity index (χ1n) is 3.93. The Morgan fingerprint density at radius 2 is 2.15 bits per heavy atom. The molecule has 0 N–H and O–H groups in total. The highest BCUT2D eigenvalue weighted by atomic mass is 16.5. The van der Waals surface area contributed by atoms with Gasteiger partial charge in [0.05, 0.1) is 12.7 Å². The van der Waals surface area contributed by atoms with E-state index in [4.69, 9.17) is 10.00 Å². The highest BCUT2D eigenvalue weighted by molar-refractivity contribution is 5.86. The summed E-state index contributed by atoms with van der Waals surface area (Å²) in [5.41, 5.74) is 0.462. The molecule has 0 bridgehead atoms. The minimum absolute atomic E-state index is 0.295. The van der Waals surface area contributed by atoms with E-state index in [1.807, 2.05) is 6.92 Å². The van der Waals surface area contributed by atoms with E-state index in [1.165, 1.54) is 6.08 Å². The van der Waals surface area contributed by atoms with Crippen molar-refractivity contribution >= 4 is 5.97 Å². The molecule has 0 aliphatic rings. The summed E-state index contributed by atoms with van der Waals surface area (Å²) < 4.78 is 4.71. The molecule has 3 heteroatoms. The number of rotatable bonds is 3. The van der Waals surface area contributed by atoms with Crippen molar-refractivity contribution in [2.75, 3.05) is 6.61 Å². The largest absolute Gasteiger partial charge is 0.462 e. The molecule has 0 atom stereocenters. The minimum Gasteiger partial charge on any atom is -0.462 e. The maximum atomic E-state index is 10.6. The summed E-state index contributed by atoms with van der Waals surface area (Å²) in [6.07, 6.45) is 2.04. The lowest BCUT2D eigenvalue weighted by Gasteiger charge is -1.99. The minimum atomic E-state index is -0.295. The van der Waals surface area contributed by atoms with Crippen molar-refractivity contribution in [3.63, 3.8) is 0 Å². The van der Waals surface area contributed by atoms with Gasteiger partial charge in [0.1, 0.15) is 0 Å². The molecule has 0 amide bonds. The van der Waals surface area contributed by atoms with Crippen LogP contribution < -0.4 is 0 Å². The quantitative estimate of drug-likeness (QED) is 0.381. The van der Waals surface area contributed by atoms with Crippen molar-refractivity contribution in [3.05, 3.63) is 24.8 Å². The summed E-state index contributed by atoms with van der Waals surface area (Å²) in [5, 5.41) is 7.51. The molecule has 0 saturated carbocycles. The number of allylic oxidation sites excluding steroid dienone is 1. The van der Waals surface area contributed by atoms with Crippen molar-refractivity contribution in [3.8, 4) is 6.07 Å². The first kappa shape index (κ1) is 14.0. The molecular formula is C10H15NO2. The zero-order valence-electron chi connectivity index (χ0n) is 8.17. The van der Waals surface area contributed by atoms with E-state index >= 15 is 0 Å². The Kier molecular flexibility index (Phi) is 11.2. The van der Waals surface area contributed by atoms with Crippen LogP contribution in [0.2, 0.25) is 0 Å². The van der Waals surface area contributed by atoms with Gasteiger partial charge in [-0.15, -0.1) is 0 Å². The normalized spacial score (nSPS) is 7.15. The zero-order valence-corrected chi connectivity index (χ0v) is 8.17. The maximum Gasteiger partial charge on any atom is 0.333 e. The fraction of sp³-hybridized carbons (Fsp3) is 0.400. The molecule has 0 aromatic rings. The lowest BCUT2D eigenvalue weighted by Crippen LogP contribution is -2.04. The molecule has 3 nitrogen and oxygen atoms in total. The average molecular weight is 181 g/mol. The molecule has 0 heterocycles. The molecule has 13 heavy (non-hydrogen) atoms. The van der Waals surface area contributed by atoms with Crippen molar-refractivity contribution in [2.24, 2.45) is 0 Å². The topological polar surface area (TPSA) is 50.1 Å². The Morgan fingerprint density at radius 1 is 1.69 bits per heavy atom. The fourth-order valence-corrected chi connectivity index (χ4v) is 0.318. The van der Waals surface area contributed by atoms with Gasteiger partial charge in [-0.1, -0.05) is 20.1 Å². The molecule has 0 aromatic carbocycles. The smallest absolute Gasteiger partial charge is 0.333 e. The third kappa shape index (κ3) is 13.4. The maximum absolute atomic E-state index is 10.6. The molecule has 0 saturated heterocycles. The third-order valence-corrected chi connectivity index (χ3v) is 0.877. The van der Waals surface area contributed by atoms with Gasteiger partial charge in [0, 0.05) is 11.6 Å². The molecule has 72 valence electrons. The summed E-state index contributed by atoms with van der Waals surface area (Å²) in [4.78, 5) is 10.6. The van der Waals surface area contributed by atoms with Crippen LogP contribution in [0.15, 0.2) is 24.8 Å². The van der Waals surface area contributed by atoms with Crippen LogP contribution in [-0.2, 0) is 9.53 Å². The molecule has 0 aliphatic heterocycles. The first-order valence-corrected chi connectivity index (χ1v) is 3.93. The summed E-state index contributed by atoms with van der Waals surface area (Å²) in [5.74, 6) is -0.295. The number of nitriles is 1. The van der Waals surface area contributed by atoms with Gasteiger partial charge in [-0.05, 0) is 13.3 Å². The van der Waals surface area contributed by atoms with Crippen molar-refractivity contribution in [2.45, 2.75) is 20.3 Å². The number of esters is 1.